The topological polar surface area (TPSA) is 71.4 Å². The lowest BCUT2D eigenvalue weighted by Gasteiger charge is -2.28. The van der Waals surface area contributed by atoms with Gasteiger partial charge in [-0.3, -0.25) is 4.79 Å². The SMILES string of the molecule is Cn1c2c(c3ccc(Nc4ccc(N5CCOCC5)cc4)nc31)C(=O)NCC2. The number of carbonyl (C=O) groups excluding carboxylic acids is 1. The Kier molecular flexibility index (Phi) is 4.16. The second kappa shape index (κ2) is 6.83. The molecule has 5 rings (SSSR count). The maximum absolute atomic E-state index is 12.3. The molecule has 1 saturated heterocycles. The van der Waals surface area contributed by atoms with Gasteiger partial charge in [-0.05, 0) is 36.4 Å². The molecular weight excluding hydrogens is 354 g/mol. The number of nitrogens with one attached hydrogen (secondary N) is 2. The number of hydrogen-bond acceptors (Lipinski definition) is 5. The van der Waals surface area contributed by atoms with Crippen LogP contribution in [0.1, 0.15) is 16.1 Å². The highest BCUT2D eigenvalue weighted by Crippen LogP contribution is 2.29. The van der Waals surface area contributed by atoms with E-state index in [2.05, 4.69) is 39.8 Å². The van der Waals surface area contributed by atoms with Crippen LogP contribution in [0.3, 0.4) is 0 Å². The Labute approximate surface area is 163 Å². The number of aryl methyl sites for hydroxylation is 1. The molecule has 0 aliphatic carbocycles. The Bertz CT molecular complexity index is 1040. The lowest BCUT2D eigenvalue weighted by atomic mass is 10.1. The average molecular weight is 377 g/mol. The van der Waals surface area contributed by atoms with E-state index in [1.54, 1.807) is 0 Å². The van der Waals surface area contributed by atoms with Crippen molar-refractivity contribution in [2.75, 3.05) is 43.1 Å². The van der Waals surface area contributed by atoms with Crippen molar-refractivity contribution in [3.63, 3.8) is 0 Å². The fourth-order valence-corrected chi connectivity index (χ4v) is 4.07. The summed E-state index contributed by atoms with van der Waals surface area (Å²) in [6, 6.07) is 12.3. The molecule has 0 bridgehead atoms. The molecule has 2 N–H and O–H groups in total. The summed E-state index contributed by atoms with van der Waals surface area (Å²) in [5.74, 6) is 0.762. The van der Waals surface area contributed by atoms with Crippen molar-refractivity contribution in [1.82, 2.24) is 14.9 Å². The van der Waals surface area contributed by atoms with Gasteiger partial charge in [0.15, 0.2) is 0 Å². The molecule has 7 nitrogen and oxygen atoms in total. The highest BCUT2D eigenvalue weighted by Gasteiger charge is 2.25. The van der Waals surface area contributed by atoms with Crippen LogP contribution >= 0.6 is 0 Å². The monoisotopic (exact) mass is 377 g/mol. The van der Waals surface area contributed by atoms with Gasteiger partial charge in [0.2, 0.25) is 0 Å². The van der Waals surface area contributed by atoms with Gasteiger partial charge in [-0.1, -0.05) is 0 Å². The first-order valence-electron chi connectivity index (χ1n) is 9.67. The number of anilines is 3. The van der Waals surface area contributed by atoms with E-state index in [0.717, 1.165) is 66.5 Å². The first kappa shape index (κ1) is 17.1. The molecule has 1 amide bonds. The molecule has 144 valence electrons. The molecule has 0 saturated carbocycles. The van der Waals surface area contributed by atoms with E-state index in [1.165, 1.54) is 5.69 Å². The third kappa shape index (κ3) is 2.88. The average Bonchev–Trinajstić information content (AvgIpc) is 3.02. The quantitative estimate of drug-likeness (QED) is 0.734. The minimum absolute atomic E-state index is 0.00643. The number of hydrogen-bond donors (Lipinski definition) is 2. The number of benzene rings is 1. The smallest absolute Gasteiger partial charge is 0.253 e. The predicted molar refractivity (Wildman–Crippen MR) is 110 cm³/mol. The summed E-state index contributed by atoms with van der Waals surface area (Å²) < 4.78 is 7.45. The molecule has 7 heteroatoms. The zero-order chi connectivity index (χ0) is 19.1. The number of ether oxygens (including phenoxy) is 1. The summed E-state index contributed by atoms with van der Waals surface area (Å²) in [7, 11) is 1.98. The summed E-state index contributed by atoms with van der Waals surface area (Å²) in [6.07, 6.45) is 0.833. The Morgan fingerprint density at radius 3 is 2.68 bits per heavy atom. The molecule has 1 fully saturated rings. The van der Waals surface area contributed by atoms with E-state index in [1.807, 2.05) is 23.7 Å². The van der Waals surface area contributed by atoms with Crippen LogP contribution in [0.4, 0.5) is 17.2 Å². The van der Waals surface area contributed by atoms with Crippen molar-refractivity contribution in [1.29, 1.82) is 0 Å². The maximum atomic E-state index is 12.3. The Morgan fingerprint density at radius 1 is 1.11 bits per heavy atom. The Morgan fingerprint density at radius 2 is 1.89 bits per heavy atom. The second-order valence-corrected chi connectivity index (χ2v) is 7.23. The first-order valence-corrected chi connectivity index (χ1v) is 9.67. The number of morpholine rings is 1. The Balaban J connectivity index is 1.41. The van der Waals surface area contributed by atoms with Crippen molar-refractivity contribution < 1.29 is 9.53 Å². The lowest BCUT2D eigenvalue weighted by molar-refractivity contribution is 0.0947. The van der Waals surface area contributed by atoms with Crippen molar-refractivity contribution >= 4 is 34.1 Å². The van der Waals surface area contributed by atoms with Crippen LogP contribution in [0, 0.1) is 0 Å². The maximum Gasteiger partial charge on any atom is 0.253 e. The molecule has 3 aromatic rings. The molecule has 0 spiro atoms. The number of nitrogens with zero attached hydrogens (tertiary/aromatic N) is 3. The van der Waals surface area contributed by atoms with Crippen LogP contribution in [-0.2, 0) is 18.2 Å². The molecule has 1 aromatic carbocycles. The number of fused-ring (bicyclic) bond motifs is 3. The molecule has 28 heavy (non-hydrogen) atoms. The van der Waals surface area contributed by atoms with Gasteiger partial charge in [0.25, 0.3) is 5.91 Å². The number of amides is 1. The van der Waals surface area contributed by atoms with E-state index >= 15 is 0 Å². The van der Waals surface area contributed by atoms with Gasteiger partial charge in [0.05, 0.1) is 18.8 Å². The molecule has 4 heterocycles. The largest absolute Gasteiger partial charge is 0.378 e. The van der Waals surface area contributed by atoms with Crippen molar-refractivity contribution in [2.45, 2.75) is 6.42 Å². The third-order valence-electron chi connectivity index (χ3n) is 5.55. The van der Waals surface area contributed by atoms with Gasteiger partial charge in [0, 0.05) is 55.6 Å². The second-order valence-electron chi connectivity index (χ2n) is 7.23. The van der Waals surface area contributed by atoms with E-state index in [-0.39, 0.29) is 5.91 Å². The number of pyridine rings is 1. The van der Waals surface area contributed by atoms with Crippen LogP contribution in [-0.4, -0.2) is 48.3 Å². The molecule has 0 unspecified atom stereocenters. The third-order valence-corrected chi connectivity index (χ3v) is 5.55. The molecule has 0 atom stereocenters. The lowest BCUT2D eigenvalue weighted by Crippen LogP contribution is -2.36. The zero-order valence-electron chi connectivity index (χ0n) is 15.9. The van der Waals surface area contributed by atoms with Crippen molar-refractivity contribution in [2.24, 2.45) is 7.05 Å². The standard InChI is InChI=1S/C21H23N5O2/c1-25-17-8-9-22-21(27)19(17)16-6-7-18(24-20(16)25)23-14-2-4-15(5-3-14)26-10-12-28-13-11-26/h2-7H,8-13H2,1H3,(H,22,27)(H,23,24). The minimum Gasteiger partial charge on any atom is -0.378 e. The van der Waals surface area contributed by atoms with E-state index in [0.29, 0.717) is 6.54 Å². The highest BCUT2D eigenvalue weighted by atomic mass is 16.5. The summed E-state index contributed by atoms with van der Waals surface area (Å²) >= 11 is 0. The molecule has 0 radical (unpaired) electrons. The van der Waals surface area contributed by atoms with E-state index in [4.69, 9.17) is 9.72 Å². The fraction of sp³-hybridized carbons (Fsp3) is 0.333. The normalized spacial score (nSPS) is 16.8. The van der Waals surface area contributed by atoms with Gasteiger partial charge >= 0.3 is 0 Å². The molecular formula is C21H23N5O2. The summed E-state index contributed by atoms with van der Waals surface area (Å²) in [5, 5.41) is 7.21. The number of aromatic nitrogens is 2. The molecule has 2 aliphatic rings. The van der Waals surface area contributed by atoms with E-state index < -0.39 is 0 Å². The van der Waals surface area contributed by atoms with Crippen LogP contribution in [0.15, 0.2) is 36.4 Å². The molecule has 2 aliphatic heterocycles. The van der Waals surface area contributed by atoms with Gasteiger partial charge in [-0.15, -0.1) is 0 Å². The summed E-state index contributed by atoms with van der Waals surface area (Å²) in [4.78, 5) is 19.4. The fourth-order valence-electron chi connectivity index (χ4n) is 4.07. The van der Waals surface area contributed by atoms with Crippen molar-refractivity contribution in [3.05, 3.63) is 47.7 Å². The van der Waals surface area contributed by atoms with E-state index in [9.17, 15) is 4.79 Å². The number of rotatable bonds is 3. The van der Waals surface area contributed by atoms with Gasteiger partial charge in [0.1, 0.15) is 11.5 Å². The Hall–Kier alpha value is -3.06. The minimum atomic E-state index is -0.00643. The van der Waals surface area contributed by atoms with Crippen LogP contribution in [0.25, 0.3) is 11.0 Å². The molecule has 2 aromatic heterocycles. The first-order chi connectivity index (χ1) is 13.7. The number of carbonyl (C=O) groups is 1. The van der Waals surface area contributed by atoms with Crippen LogP contribution in [0.2, 0.25) is 0 Å². The van der Waals surface area contributed by atoms with Crippen molar-refractivity contribution in [3.8, 4) is 0 Å². The summed E-state index contributed by atoms with van der Waals surface area (Å²) in [6.45, 7) is 4.09. The van der Waals surface area contributed by atoms with Crippen LogP contribution in [0.5, 0.6) is 0 Å². The predicted octanol–water partition coefficient (Wildman–Crippen LogP) is 2.44. The van der Waals surface area contributed by atoms with Crippen LogP contribution < -0.4 is 15.5 Å². The highest BCUT2D eigenvalue weighted by molar-refractivity contribution is 6.08. The summed E-state index contributed by atoms with van der Waals surface area (Å²) in [5.41, 5.74) is 4.84. The zero-order valence-corrected chi connectivity index (χ0v) is 15.9. The van der Waals surface area contributed by atoms with Gasteiger partial charge in [-0.25, -0.2) is 4.98 Å². The van der Waals surface area contributed by atoms with Gasteiger partial charge < -0.3 is 24.8 Å². The van der Waals surface area contributed by atoms with Gasteiger partial charge in [-0.2, -0.15) is 0 Å².